The van der Waals surface area contributed by atoms with Crippen LogP contribution in [0.15, 0.2) is 12.3 Å². The lowest BCUT2D eigenvalue weighted by atomic mass is 9.94. The molecule has 0 spiro atoms. The maximum Gasteiger partial charge on any atom is 0.186 e. The highest BCUT2D eigenvalue weighted by molar-refractivity contribution is 5.96. The van der Waals surface area contributed by atoms with E-state index in [-0.39, 0.29) is 11.7 Å². The minimum Gasteiger partial charge on any atom is -0.381 e. The molecule has 0 radical (unpaired) electrons. The average molecular weight is 194 g/mol. The number of hydrogen-bond acceptors (Lipinski definition) is 3. The predicted molar refractivity (Wildman–Crippen MR) is 51.1 cm³/mol. The molecule has 2 rings (SSSR count). The summed E-state index contributed by atoms with van der Waals surface area (Å²) >= 11 is 0. The second kappa shape index (κ2) is 3.92. The molecule has 0 unspecified atom stereocenters. The van der Waals surface area contributed by atoms with Crippen molar-refractivity contribution < 1.29 is 9.53 Å². The molecule has 0 N–H and O–H groups in total. The highest BCUT2D eigenvalue weighted by Crippen LogP contribution is 2.18. The summed E-state index contributed by atoms with van der Waals surface area (Å²) in [7, 11) is 1.82. The Kier molecular flexibility index (Phi) is 2.63. The Morgan fingerprint density at radius 2 is 2.29 bits per heavy atom. The third kappa shape index (κ3) is 1.85. The van der Waals surface area contributed by atoms with Gasteiger partial charge in [0.15, 0.2) is 5.78 Å². The van der Waals surface area contributed by atoms with Gasteiger partial charge in [0.2, 0.25) is 0 Å². The van der Waals surface area contributed by atoms with Crippen molar-refractivity contribution in [2.75, 3.05) is 13.2 Å². The number of nitrogens with zero attached hydrogens (tertiary/aromatic N) is 2. The third-order valence-corrected chi connectivity index (χ3v) is 2.56. The van der Waals surface area contributed by atoms with Crippen molar-refractivity contribution in [3.05, 3.63) is 18.0 Å². The van der Waals surface area contributed by atoms with Gasteiger partial charge >= 0.3 is 0 Å². The molecule has 0 saturated carbocycles. The van der Waals surface area contributed by atoms with Crippen LogP contribution in [-0.2, 0) is 11.8 Å². The van der Waals surface area contributed by atoms with Gasteiger partial charge in [-0.05, 0) is 18.9 Å². The molecule has 0 bridgehead atoms. The van der Waals surface area contributed by atoms with E-state index in [1.54, 1.807) is 16.9 Å². The molecule has 1 fully saturated rings. The van der Waals surface area contributed by atoms with Crippen molar-refractivity contribution in [1.82, 2.24) is 9.78 Å². The largest absolute Gasteiger partial charge is 0.381 e. The van der Waals surface area contributed by atoms with E-state index in [0.29, 0.717) is 18.9 Å². The second-order valence-corrected chi connectivity index (χ2v) is 3.63. The maximum atomic E-state index is 11.9. The number of carbonyl (C=O) groups excluding carboxylic acids is 1. The third-order valence-electron chi connectivity index (χ3n) is 2.56. The molecule has 1 saturated heterocycles. The molecule has 14 heavy (non-hydrogen) atoms. The fraction of sp³-hybridized carbons (Fsp3) is 0.600. The maximum absolute atomic E-state index is 11.9. The Hall–Kier alpha value is -1.16. The van der Waals surface area contributed by atoms with E-state index in [9.17, 15) is 4.79 Å². The summed E-state index contributed by atoms with van der Waals surface area (Å²) in [5.41, 5.74) is 0.583. The first-order valence-electron chi connectivity index (χ1n) is 4.89. The van der Waals surface area contributed by atoms with E-state index in [1.807, 2.05) is 7.05 Å². The summed E-state index contributed by atoms with van der Waals surface area (Å²) in [4.78, 5) is 11.9. The van der Waals surface area contributed by atoms with E-state index in [1.165, 1.54) is 0 Å². The van der Waals surface area contributed by atoms with Crippen LogP contribution in [-0.4, -0.2) is 28.8 Å². The van der Waals surface area contributed by atoms with Crippen molar-refractivity contribution in [3.63, 3.8) is 0 Å². The van der Waals surface area contributed by atoms with Crippen LogP contribution in [0.5, 0.6) is 0 Å². The zero-order valence-corrected chi connectivity index (χ0v) is 8.27. The van der Waals surface area contributed by atoms with E-state index in [0.717, 1.165) is 12.8 Å². The van der Waals surface area contributed by atoms with Gasteiger partial charge in [-0.25, -0.2) is 0 Å². The Bertz CT molecular complexity index is 327. The smallest absolute Gasteiger partial charge is 0.186 e. The summed E-state index contributed by atoms with van der Waals surface area (Å²) in [6.45, 7) is 1.40. The lowest BCUT2D eigenvalue weighted by Gasteiger charge is -2.19. The molecular formula is C10H14N2O2. The van der Waals surface area contributed by atoms with E-state index in [4.69, 9.17) is 4.74 Å². The number of Topliss-reactive ketones (excluding diaryl/α,β-unsaturated/α-hetero) is 1. The number of rotatable bonds is 2. The lowest BCUT2D eigenvalue weighted by molar-refractivity contribution is 0.0541. The highest BCUT2D eigenvalue weighted by Gasteiger charge is 2.24. The summed E-state index contributed by atoms with van der Waals surface area (Å²) < 4.78 is 6.87. The van der Waals surface area contributed by atoms with Crippen LogP contribution in [0.4, 0.5) is 0 Å². The monoisotopic (exact) mass is 194 g/mol. The van der Waals surface area contributed by atoms with Gasteiger partial charge in [-0.15, -0.1) is 0 Å². The van der Waals surface area contributed by atoms with Crippen molar-refractivity contribution in [2.24, 2.45) is 13.0 Å². The Morgan fingerprint density at radius 3 is 2.86 bits per heavy atom. The molecule has 0 amide bonds. The Labute approximate surface area is 82.9 Å². The molecule has 0 aliphatic carbocycles. The topological polar surface area (TPSA) is 44.1 Å². The number of aryl methyl sites for hydroxylation is 1. The molecule has 4 heteroatoms. The quantitative estimate of drug-likeness (QED) is 0.660. The minimum absolute atomic E-state index is 0.110. The van der Waals surface area contributed by atoms with Crippen molar-refractivity contribution in [2.45, 2.75) is 12.8 Å². The van der Waals surface area contributed by atoms with Crippen LogP contribution in [0.3, 0.4) is 0 Å². The van der Waals surface area contributed by atoms with Gasteiger partial charge in [-0.1, -0.05) is 0 Å². The average Bonchev–Trinajstić information content (AvgIpc) is 2.65. The highest BCUT2D eigenvalue weighted by atomic mass is 16.5. The molecular weight excluding hydrogens is 180 g/mol. The van der Waals surface area contributed by atoms with Crippen LogP contribution < -0.4 is 0 Å². The number of hydrogen-bond donors (Lipinski definition) is 0. The number of ether oxygens (including phenoxy) is 1. The Morgan fingerprint density at radius 1 is 1.57 bits per heavy atom. The molecule has 1 aromatic rings. The second-order valence-electron chi connectivity index (χ2n) is 3.63. The molecule has 2 heterocycles. The zero-order valence-electron chi connectivity index (χ0n) is 8.27. The van der Waals surface area contributed by atoms with Gasteiger partial charge in [-0.3, -0.25) is 9.48 Å². The van der Waals surface area contributed by atoms with Crippen molar-refractivity contribution in [1.29, 1.82) is 0 Å². The standard InChI is InChI=1S/C10H14N2O2/c1-12-5-2-9(11-12)10(13)8-3-6-14-7-4-8/h2,5,8H,3-4,6-7H2,1H3. The zero-order chi connectivity index (χ0) is 9.97. The van der Waals surface area contributed by atoms with Crippen LogP contribution in [0.25, 0.3) is 0 Å². The summed E-state index contributed by atoms with van der Waals surface area (Å²) in [6, 6.07) is 1.78. The van der Waals surface area contributed by atoms with E-state index in [2.05, 4.69) is 5.10 Å². The molecule has 76 valence electrons. The van der Waals surface area contributed by atoms with Gasteiger partial charge in [0.25, 0.3) is 0 Å². The van der Waals surface area contributed by atoms with Gasteiger partial charge in [0, 0.05) is 32.4 Å². The van der Waals surface area contributed by atoms with Crippen LogP contribution >= 0.6 is 0 Å². The van der Waals surface area contributed by atoms with Crippen LogP contribution in [0, 0.1) is 5.92 Å². The Balaban J connectivity index is 2.07. The van der Waals surface area contributed by atoms with Gasteiger partial charge < -0.3 is 4.74 Å². The number of aromatic nitrogens is 2. The van der Waals surface area contributed by atoms with Gasteiger partial charge in [0.05, 0.1) is 0 Å². The first kappa shape index (κ1) is 9.40. The minimum atomic E-state index is 0.110. The summed E-state index contributed by atoms with van der Waals surface area (Å²) in [5, 5.41) is 4.11. The van der Waals surface area contributed by atoms with E-state index >= 15 is 0 Å². The molecule has 0 aromatic carbocycles. The summed E-state index contributed by atoms with van der Waals surface area (Å²) in [6.07, 6.45) is 3.46. The van der Waals surface area contributed by atoms with E-state index < -0.39 is 0 Å². The van der Waals surface area contributed by atoms with Crippen LogP contribution in [0.2, 0.25) is 0 Å². The SMILES string of the molecule is Cn1ccc(C(=O)C2CCOCC2)n1. The normalized spacial score (nSPS) is 18.4. The van der Waals surface area contributed by atoms with Gasteiger partial charge in [-0.2, -0.15) is 5.10 Å². The summed E-state index contributed by atoms with van der Waals surface area (Å²) in [5.74, 6) is 0.271. The fourth-order valence-corrected chi connectivity index (χ4v) is 1.72. The number of carbonyl (C=O) groups is 1. The fourth-order valence-electron chi connectivity index (χ4n) is 1.72. The molecule has 0 atom stereocenters. The van der Waals surface area contributed by atoms with Crippen molar-refractivity contribution >= 4 is 5.78 Å². The van der Waals surface area contributed by atoms with Crippen LogP contribution in [0.1, 0.15) is 23.3 Å². The number of ketones is 1. The van der Waals surface area contributed by atoms with Crippen molar-refractivity contribution in [3.8, 4) is 0 Å². The predicted octanol–water partition coefficient (Wildman–Crippen LogP) is 1.03. The lowest BCUT2D eigenvalue weighted by Crippen LogP contribution is -2.23. The molecule has 4 nitrogen and oxygen atoms in total. The first-order valence-corrected chi connectivity index (χ1v) is 4.89. The first-order chi connectivity index (χ1) is 6.77. The van der Waals surface area contributed by atoms with Gasteiger partial charge in [0.1, 0.15) is 5.69 Å². The molecule has 1 aliphatic heterocycles. The molecule has 1 aliphatic rings. The molecule has 1 aromatic heterocycles.